The second-order valence-corrected chi connectivity index (χ2v) is 8.21. The molecule has 1 aromatic heterocycles. The molecule has 3 rings (SSSR count). The van der Waals surface area contributed by atoms with E-state index in [1.165, 1.54) is 0 Å². The summed E-state index contributed by atoms with van der Waals surface area (Å²) in [5.74, 6) is 1.51. The Balaban J connectivity index is 2.12. The highest BCUT2D eigenvalue weighted by molar-refractivity contribution is 9.10. The summed E-state index contributed by atoms with van der Waals surface area (Å²) in [6, 6.07) is 5.97. The number of halogens is 1. The summed E-state index contributed by atoms with van der Waals surface area (Å²) in [4.78, 5) is 20.6. The Bertz CT molecular complexity index is 819. The van der Waals surface area contributed by atoms with E-state index in [2.05, 4.69) is 40.0 Å². The summed E-state index contributed by atoms with van der Waals surface area (Å²) in [6.07, 6.45) is 2.09. The van der Waals surface area contributed by atoms with Gasteiger partial charge in [0.15, 0.2) is 0 Å². The molecule has 26 heavy (non-hydrogen) atoms. The van der Waals surface area contributed by atoms with E-state index in [1.54, 1.807) is 0 Å². The maximum absolute atomic E-state index is 13.1. The number of nitrogens with one attached hydrogen (secondary N) is 1. The van der Waals surface area contributed by atoms with Crippen molar-refractivity contribution in [1.82, 2.24) is 19.8 Å². The Morgan fingerprint density at radius 3 is 2.92 bits per heavy atom. The van der Waals surface area contributed by atoms with E-state index in [0.29, 0.717) is 17.8 Å². The normalized spacial score (nSPS) is 20.2. The highest BCUT2D eigenvalue weighted by atomic mass is 79.9. The van der Waals surface area contributed by atoms with Crippen LogP contribution in [-0.4, -0.2) is 40.6 Å². The van der Waals surface area contributed by atoms with Crippen LogP contribution >= 0.6 is 15.9 Å². The maximum Gasteiger partial charge on any atom is 0.261 e. The molecular formula is C20H29BrN4O. The number of rotatable bonds is 5. The Morgan fingerprint density at radius 2 is 2.19 bits per heavy atom. The Hall–Kier alpha value is -1.24. The van der Waals surface area contributed by atoms with Crippen molar-refractivity contribution in [2.45, 2.75) is 46.2 Å². The average molecular weight is 421 g/mol. The van der Waals surface area contributed by atoms with Crippen LogP contribution in [0, 0.1) is 5.92 Å². The van der Waals surface area contributed by atoms with Gasteiger partial charge in [0.05, 0.1) is 16.9 Å². The first-order valence-electron chi connectivity index (χ1n) is 9.69. The lowest BCUT2D eigenvalue weighted by atomic mass is 10.1. The van der Waals surface area contributed by atoms with Gasteiger partial charge >= 0.3 is 0 Å². The molecule has 5 nitrogen and oxygen atoms in total. The first-order chi connectivity index (χ1) is 12.5. The summed E-state index contributed by atoms with van der Waals surface area (Å²) < 4.78 is 2.79. The molecule has 2 aromatic rings. The van der Waals surface area contributed by atoms with Crippen molar-refractivity contribution in [1.29, 1.82) is 0 Å². The van der Waals surface area contributed by atoms with E-state index in [9.17, 15) is 4.79 Å². The van der Waals surface area contributed by atoms with E-state index in [1.807, 2.05) is 29.7 Å². The lowest BCUT2D eigenvalue weighted by Gasteiger charge is -2.32. The van der Waals surface area contributed by atoms with Crippen LogP contribution in [0.3, 0.4) is 0 Å². The van der Waals surface area contributed by atoms with Gasteiger partial charge in [-0.15, -0.1) is 0 Å². The SMILES string of the molecule is CCC[C@H](c1nc2ccc(Br)cc2c(=O)n1CC)N1CCNC[C@H](C)C1. The molecule has 1 fully saturated rings. The Kier molecular flexibility index (Phi) is 6.48. The molecule has 2 heterocycles. The maximum atomic E-state index is 13.1. The first kappa shape index (κ1) is 19.5. The number of aromatic nitrogens is 2. The predicted molar refractivity (Wildman–Crippen MR) is 111 cm³/mol. The molecule has 1 N–H and O–H groups in total. The van der Waals surface area contributed by atoms with Crippen molar-refractivity contribution in [3.8, 4) is 0 Å². The Morgan fingerprint density at radius 1 is 1.38 bits per heavy atom. The van der Waals surface area contributed by atoms with Crippen LogP contribution in [0.4, 0.5) is 0 Å². The third kappa shape index (κ3) is 4.02. The molecule has 142 valence electrons. The third-order valence-corrected chi connectivity index (χ3v) is 5.67. The summed E-state index contributed by atoms with van der Waals surface area (Å²) in [7, 11) is 0. The molecule has 0 unspecified atom stereocenters. The van der Waals surface area contributed by atoms with Crippen LogP contribution < -0.4 is 10.9 Å². The molecule has 0 saturated carbocycles. The molecule has 1 aromatic carbocycles. The quantitative estimate of drug-likeness (QED) is 0.802. The zero-order chi connectivity index (χ0) is 18.7. The van der Waals surface area contributed by atoms with Crippen molar-refractivity contribution >= 4 is 26.8 Å². The lowest BCUT2D eigenvalue weighted by Crippen LogP contribution is -2.38. The number of benzene rings is 1. The predicted octanol–water partition coefficient (Wildman–Crippen LogP) is 3.56. The molecule has 0 radical (unpaired) electrons. The number of hydrogen-bond acceptors (Lipinski definition) is 4. The fraction of sp³-hybridized carbons (Fsp3) is 0.600. The van der Waals surface area contributed by atoms with Crippen LogP contribution in [0.2, 0.25) is 0 Å². The molecule has 1 saturated heterocycles. The minimum absolute atomic E-state index is 0.0656. The summed E-state index contributed by atoms with van der Waals surface area (Å²) >= 11 is 3.47. The van der Waals surface area contributed by atoms with Crippen LogP contribution in [0.15, 0.2) is 27.5 Å². The van der Waals surface area contributed by atoms with Gasteiger partial charge in [0.25, 0.3) is 5.56 Å². The van der Waals surface area contributed by atoms with Crippen LogP contribution in [0.25, 0.3) is 10.9 Å². The smallest absolute Gasteiger partial charge is 0.261 e. The lowest BCUT2D eigenvalue weighted by molar-refractivity contribution is 0.169. The highest BCUT2D eigenvalue weighted by Gasteiger charge is 2.27. The summed E-state index contributed by atoms with van der Waals surface area (Å²) in [6.45, 7) is 11.2. The second-order valence-electron chi connectivity index (χ2n) is 7.29. The first-order valence-corrected chi connectivity index (χ1v) is 10.5. The van der Waals surface area contributed by atoms with Gasteiger partial charge < -0.3 is 5.32 Å². The van der Waals surface area contributed by atoms with Crippen molar-refractivity contribution in [3.05, 3.63) is 38.9 Å². The van der Waals surface area contributed by atoms with Gasteiger partial charge in [-0.2, -0.15) is 0 Å². The van der Waals surface area contributed by atoms with Gasteiger partial charge in [-0.3, -0.25) is 14.3 Å². The van der Waals surface area contributed by atoms with E-state index < -0.39 is 0 Å². The van der Waals surface area contributed by atoms with E-state index in [0.717, 1.165) is 54.8 Å². The second kappa shape index (κ2) is 8.63. The monoisotopic (exact) mass is 420 g/mol. The molecule has 0 bridgehead atoms. The fourth-order valence-corrected chi connectivity index (χ4v) is 4.29. The largest absolute Gasteiger partial charge is 0.315 e. The van der Waals surface area contributed by atoms with Gasteiger partial charge in [-0.05, 0) is 44.0 Å². The molecule has 0 aliphatic carbocycles. The Labute approximate surface area is 163 Å². The van der Waals surface area contributed by atoms with E-state index >= 15 is 0 Å². The molecule has 6 heteroatoms. The van der Waals surface area contributed by atoms with Crippen molar-refractivity contribution < 1.29 is 0 Å². The van der Waals surface area contributed by atoms with Gasteiger partial charge in [-0.25, -0.2) is 4.98 Å². The van der Waals surface area contributed by atoms with Crippen LogP contribution in [-0.2, 0) is 6.54 Å². The minimum atomic E-state index is 0.0656. The standard InChI is InChI=1S/C20H29BrN4O/c1-4-6-18(24-10-9-22-12-14(3)13-24)19-23-17-8-7-15(21)11-16(17)20(26)25(19)5-2/h7-8,11,14,18,22H,4-6,9-10,12-13H2,1-3H3/t14-,18+/m0/s1. The van der Waals surface area contributed by atoms with Crippen LogP contribution in [0.5, 0.6) is 0 Å². The van der Waals surface area contributed by atoms with Gasteiger partial charge in [0.1, 0.15) is 5.82 Å². The molecule has 1 aliphatic heterocycles. The minimum Gasteiger partial charge on any atom is -0.315 e. The van der Waals surface area contributed by atoms with Crippen molar-refractivity contribution in [2.24, 2.45) is 5.92 Å². The average Bonchev–Trinajstić information content (AvgIpc) is 2.84. The fourth-order valence-electron chi connectivity index (χ4n) is 3.93. The molecule has 0 amide bonds. The van der Waals surface area contributed by atoms with Gasteiger partial charge in [-0.1, -0.05) is 36.2 Å². The summed E-state index contributed by atoms with van der Waals surface area (Å²) in [5, 5.41) is 4.20. The molecule has 1 aliphatic rings. The number of hydrogen-bond donors (Lipinski definition) is 1. The third-order valence-electron chi connectivity index (χ3n) is 5.18. The zero-order valence-corrected chi connectivity index (χ0v) is 17.6. The van der Waals surface area contributed by atoms with Crippen molar-refractivity contribution in [3.63, 3.8) is 0 Å². The zero-order valence-electron chi connectivity index (χ0n) is 16.0. The van der Waals surface area contributed by atoms with Crippen LogP contribution in [0.1, 0.15) is 45.5 Å². The highest BCUT2D eigenvalue weighted by Crippen LogP contribution is 2.27. The number of nitrogens with zero attached hydrogens (tertiary/aromatic N) is 3. The van der Waals surface area contributed by atoms with E-state index in [4.69, 9.17) is 4.98 Å². The topological polar surface area (TPSA) is 50.2 Å². The summed E-state index contributed by atoms with van der Waals surface area (Å²) in [5.41, 5.74) is 0.857. The van der Waals surface area contributed by atoms with Gasteiger partial charge in [0.2, 0.25) is 0 Å². The molecular weight excluding hydrogens is 392 g/mol. The van der Waals surface area contributed by atoms with E-state index in [-0.39, 0.29) is 11.6 Å². The van der Waals surface area contributed by atoms with Gasteiger partial charge in [0, 0.05) is 30.7 Å². The van der Waals surface area contributed by atoms with Crippen molar-refractivity contribution in [2.75, 3.05) is 26.2 Å². The molecule has 2 atom stereocenters. The number of fused-ring (bicyclic) bond motifs is 1. The molecule has 0 spiro atoms.